The van der Waals surface area contributed by atoms with E-state index in [-0.39, 0.29) is 17.1 Å². The average Bonchev–Trinajstić information content (AvgIpc) is 2.33. The van der Waals surface area contributed by atoms with Crippen molar-refractivity contribution in [3.05, 3.63) is 23.3 Å². The zero-order valence-corrected chi connectivity index (χ0v) is 10.6. The summed E-state index contributed by atoms with van der Waals surface area (Å²) in [6, 6.07) is 0.693. The third kappa shape index (κ3) is 1.98. The predicted molar refractivity (Wildman–Crippen MR) is 63.1 cm³/mol. The van der Waals surface area contributed by atoms with E-state index >= 15 is 0 Å². The van der Waals surface area contributed by atoms with Crippen LogP contribution in [0.25, 0.3) is 0 Å². The highest BCUT2D eigenvalue weighted by atomic mass is 19.1. The van der Waals surface area contributed by atoms with Crippen LogP contribution in [0.4, 0.5) is 8.78 Å². The average molecular weight is 269 g/mol. The molecule has 4 nitrogen and oxygen atoms in total. The van der Waals surface area contributed by atoms with Crippen LogP contribution in [0.3, 0.4) is 0 Å². The maximum atomic E-state index is 13.8. The summed E-state index contributed by atoms with van der Waals surface area (Å²) in [5, 5.41) is 0. The van der Waals surface area contributed by atoms with Gasteiger partial charge in [0.1, 0.15) is 5.54 Å². The molecule has 0 aliphatic heterocycles. The number of isocyanates is 1. The number of rotatable bonds is 4. The lowest BCUT2D eigenvalue weighted by Crippen LogP contribution is -2.33. The van der Waals surface area contributed by atoms with E-state index < -0.39 is 17.2 Å². The van der Waals surface area contributed by atoms with Gasteiger partial charge in [-0.2, -0.15) is 4.99 Å². The number of hydrogen-bond donors (Lipinski definition) is 0. The molecule has 0 spiro atoms. The maximum absolute atomic E-state index is 13.8. The van der Waals surface area contributed by atoms with E-state index in [2.05, 4.69) is 4.99 Å². The van der Waals surface area contributed by atoms with Gasteiger partial charge in [0, 0.05) is 6.07 Å². The first kappa shape index (κ1) is 13.5. The van der Waals surface area contributed by atoms with Crippen molar-refractivity contribution in [1.29, 1.82) is 0 Å². The number of carbonyl (C=O) groups excluding carboxylic acids is 1. The molecule has 102 valence electrons. The van der Waals surface area contributed by atoms with Gasteiger partial charge in [0.15, 0.2) is 23.1 Å². The first-order chi connectivity index (χ1) is 9.09. The lowest BCUT2D eigenvalue weighted by atomic mass is 9.71. The van der Waals surface area contributed by atoms with Crippen LogP contribution in [0.2, 0.25) is 0 Å². The van der Waals surface area contributed by atoms with E-state index in [1.54, 1.807) is 0 Å². The van der Waals surface area contributed by atoms with Crippen molar-refractivity contribution in [3.8, 4) is 11.5 Å². The van der Waals surface area contributed by atoms with Gasteiger partial charge in [-0.25, -0.2) is 13.6 Å². The zero-order valence-electron chi connectivity index (χ0n) is 10.6. The highest BCUT2D eigenvalue weighted by Crippen LogP contribution is 2.52. The first-order valence-electron chi connectivity index (χ1n) is 5.79. The Bertz CT molecular complexity index is 521. The quantitative estimate of drug-likeness (QED) is 0.623. The third-order valence-corrected chi connectivity index (χ3v) is 3.46. The van der Waals surface area contributed by atoms with Crippen molar-refractivity contribution in [1.82, 2.24) is 0 Å². The molecule has 1 aromatic rings. The predicted octanol–water partition coefficient (Wildman–Crippen LogP) is 2.70. The van der Waals surface area contributed by atoms with Gasteiger partial charge in [-0.3, -0.25) is 0 Å². The molecule has 1 fully saturated rings. The molecule has 0 N–H and O–H groups in total. The Morgan fingerprint density at radius 1 is 1.21 bits per heavy atom. The molecule has 1 aliphatic carbocycles. The van der Waals surface area contributed by atoms with Crippen LogP contribution < -0.4 is 9.47 Å². The van der Waals surface area contributed by atoms with Crippen LogP contribution in [-0.2, 0) is 10.3 Å². The second-order valence-electron chi connectivity index (χ2n) is 4.37. The molecule has 1 aliphatic rings. The summed E-state index contributed by atoms with van der Waals surface area (Å²) in [6.07, 6.45) is 3.27. The van der Waals surface area contributed by atoms with E-state index in [0.29, 0.717) is 18.9 Å². The first-order valence-corrected chi connectivity index (χ1v) is 5.79. The van der Waals surface area contributed by atoms with Gasteiger partial charge in [-0.05, 0) is 19.3 Å². The zero-order chi connectivity index (χ0) is 14.0. The van der Waals surface area contributed by atoms with Crippen molar-refractivity contribution in [2.75, 3.05) is 14.2 Å². The molecular formula is C13H13F2NO3. The Morgan fingerprint density at radius 3 is 2.05 bits per heavy atom. The summed E-state index contributed by atoms with van der Waals surface area (Å²) in [4.78, 5) is 14.3. The van der Waals surface area contributed by atoms with Crippen LogP contribution in [-0.4, -0.2) is 20.3 Å². The number of benzene rings is 1. The van der Waals surface area contributed by atoms with E-state index in [4.69, 9.17) is 9.47 Å². The molecular weight excluding hydrogens is 256 g/mol. The number of hydrogen-bond acceptors (Lipinski definition) is 4. The molecule has 0 amide bonds. The summed E-state index contributed by atoms with van der Waals surface area (Å²) in [7, 11) is 2.55. The fraction of sp³-hybridized carbons (Fsp3) is 0.462. The Balaban J connectivity index is 2.75. The molecule has 2 rings (SSSR count). The summed E-state index contributed by atoms with van der Waals surface area (Å²) >= 11 is 0. The topological polar surface area (TPSA) is 47.9 Å². The Hall–Kier alpha value is -1.94. The minimum Gasteiger partial charge on any atom is -0.493 e. The Labute approximate surface area is 109 Å². The van der Waals surface area contributed by atoms with E-state index in [1.807, 2.05) is 0 Å². The monoisotopic (exact) mass is 269 g/mol. The maximum Gasteiger partial charge on any atom is 0.235 e. The van der Waals surface area contributed by atoms with Crippen molar-refractivity contribution >= 4 is 6.08 Å². The molecule has 0 radical (unpaired) electrons. The minimum atomic E-state index is -0.999. The second-order valence-corrected chi connectivity index (χ2v) is 4.37. The molecule has 0 heterocycles. The van der Waals surface area contributed by atoms with E-state index in [9.17, 15) is 13.6 Å². The molecule has 0 saturated heterocycles. The highest BCUT2D eigenvalue weighted by molar-refractivity contribution is 5.54. The lowest BCUT2D eigenvalue weighted by Gasteiger charge is -2.38. The van der Waals surface area contributed by atoms with Crippen molar-refractivity contribution in [2.45, 2.75) is 24.8 Å². The van der Waals surface area contributed by atoms with Crippen LogP contribution in [0.1, 0.15) is 24.8 Å². The van der Waals surface area contributed by atoms with Crippen molar-refractivity contribution in [3.63, 3.8) is 0 Å². The van der Waals surface area contributed by atoms with Gasteiger partial charge in [0.05, 0.1) is 19.8 Å². The summed E-state index contributed by atoms with van der Waals surface area (Å²) in [5.41, 5.74) is -0.855. The van der Waals surface area contributed by atoms with Crippen molar-refractivity contribution < 1.29 is 23.0 Å². The van der Waals surface area contributed by atoms with Gasteiger partial charge in [-0.1, -0.05) is 0 Å². The van der Waals surface area contributed by atoms with Crippen LogP contribution >= 0.6 is 0 Å². The standard InChI is InChI=1S/C13H13F2NO3/c1-18-11-8(14)6-9(15)12(19-2)10(11)13(16-7-17)4-3-5-13/h6H,3-5H2,1-2H3. The molecule has 0 atom stereocenters. The molecule has 19 heavy (non-hydrogen) atoms. The lowest BCUT2D eigenvalue weighted by molar-refractivity contribution is 0.229. The normalized spacial score (nSPS) is 16.2. The molecule has 0 aromatic heterocycles. The van der Waals surface area contributed by atoms with Gasteiger partial charge >= 0.3 is 0 Å². The molecule has 0 bridgehead atoms. The van der Waals surface area contributed by atoms with E-state index in [1.165, 1.54) is 20.3 Å². The Kier molecular flexibility index (Phi) is 3.53. The molecule has 6 heteroatoms. The SMILES string of the molecule is COc1c(F)cc(F)c(OC)c1C1(N=C=O)CCC1. The molecule has 0 unspecified atom stereocenters. The summed E-state index contributed by atoms with van der Waals surface area (Å²) in [5.74, 6) is -1.97. The minimum absolute atomic E-state index is 0.142. The van der Waals surface area contributed by atoms with E-state index in [0.717, 1.165) is 6.42 Å². The highest BCUT2D eigenvalue weighted by Gasteiger charge is 2.45. The van der Waals surface area contributed by atoms with Crippen LogP contribution in [0.5, 0.6) is 11.5 Å². The molecule has 1 aromatic carbocycles. The number of aliphatic imine (C=N–C) groups is 1. The summed E-state index contributed by atoms with van der Waals surface area (Å²) in [6.45, 7) is 0. The Morgan fingerprint density at radius 2 is 1.74 bits per heavy atom. The number of ether oxygens (including phenoxy) is 2. The number of nitrogens with zero attached hydrogens (tertiary/aromatic N) is 1. The van der Waals surface area contributed by atoms with Gasteiger partial charge in [0.2, 0.25) is 6.08 Å². The second kappa shape index (κ2) is 4.97. The van der Waals surface area contributed by atoms with Gasteiger partial charge in [0.25, 0.3) is 0 Å². The largest absolute Gasteiger partial charge is 0.493 e. The van der Waals surface area contributed by atoms with Crippen molar-refractivity contribution in [2.24, 2.45) is 4.99 Å². The molecule has 1 saturated carbocycles. The fourth-order valence-corrected chi connectivity index (χ4v) is 2.42. The third-order valence-electron chi connectivity index (χ3n) is 3.46. The number of halogens is 2. The van der Waals surface area contributed by atoms with Crippen LogP contribution in [0, 0.1) is 11.6 Å². The van der Waals surface area contributed by atoms with Gasteiger partial charge < -0.3 is 9.47 Å². The summed E-state index contributed by atoms with van der Waals surface area (Å²) < 4.78 is 37.6. The van der Waals surface area contributed by atoms with Crippen LogP contribution in [0.15, 0.2) is 11.1 Å². The number of methoxy groups -OCH3 is 2. The smallest absolute Gasteiger partial charge is 0.235 e. The fourth-order valence-electron chi connectivity index (χ4n) is 2.42. The van der Waals surface area contributed by atoms with Gasteiger partial charge in [-0.15, -0.1) is 0 Å².